The number of ether oxygens (including phenoxy) is 2. The molecule has 4 N–H and O–H groups in total. The Morgan fingerprint density at radius 1 is 1.27 bits per heavy atom. The third-order valence-corrected chi connectivity index (χ3v) is 2.13. The second-order valence-electron chi connectivity index (χ2n) is 2.89. The summed E-state index contributed by atoms with van der Waals surface area (Å²) in [6.45, 7) is -0.134. The van der Waals surface area contributed by atoms with Crippen LogP contribution in [0, 0.1) is 0 Å². The Morgan fingerprint density at radius 3 is 2.64 bits per heavy atom. The number of nitrogens with two attached hydrogens (primary N) is 1. The molecule has 0 saturated carbocycles. The number of fused-ring (bicyclic) bond motifs is 1. The van der Waals surface area contributed by atoms with E-state index < -0.39 is 18.4 Å². The van der Waals surface area contributed by atoms with Gasteiger partial charge in [-0.2, -0.15) is 0 Å². The Kier molecular flexibility index (Phi) is 1.62. The van der Waals surface area contributed by atoms with Crippen LogP contribution in [-0.2, 0) is 9.47 Å². The minimum absolute atomic E-state index is 0.113. The number of aliphatic hydroxyl groups excluding tert-OH is 2. The molecule has 2 saturated heterocycles. The van der Waals surface area contributed by atoms with E-state index in [1.807, 2.05) is 0 Å². The normalized spacial score (nSPS) is 55.4. The van der Waals surface area contributed by atoms with E-state index in [0.29, 0.717) is 0 Å². The third-order valence-electron chi connectivity index (χ3n) is 2.13. The average Bonchev–Trinajstić information content (AvgIpc) is 2.76. The van der Waals surface area contributed by atoms with Crippen LogP contribution in [-0.4, -0.2) is 47.5 Å². The maximum absolute atomic E-state index is 9.14. The van der Waals surface area contributed by atoms with Crippen LogP contribution in [0.1, 0.15) is 0 Å². The summed E-state index contributed by atoms with van der Waals surface area (Å²) in [5.41, 5.74) is 5.50. The van der Waals surface area contributed by atoms with Gasteiger partial charge in [0, 0.05) is 0 Å². The van der Waals surface area contributed by atoms with Gasteiger partial charge in [-0.25, -0.2) is 0 Å². The molecule has 5 nitrogen and oxygen atoms in total. The van der Waals surface area contributed by atoms with Gasteiger partial charge in [0.1, 0.15) is 18.3 Å². The highest BCUT2D eigenvalue weighted by molar-refractivity contribution is 5.02. The molecule has 0 spiro atoms. The minimum Gasteiger partial charge on any atom is -0.394 e. The van der Waals surface area contributed by atoms with Gasteiger partial charge < -0.3 is 25.4 Å². The van der Waals surface area contributed by atoms with Gasteiger partial charge in [-0.3, -0.25) is 0 Å². The fraction of sp³-hybridized carbons (Fsp3) is 1.00. The highest BCUT2D eigenvalue weighted by atomic mass is 16.7. The van der Waals surface area contributed by atoms with E-state index in [-0.39, 0.29) is 18.8 Å². The van der Waals surface area contributed by atoms with E-state index in [1.165, 1.54) is 0 Å². The molecule has 0 aromatic heterocycles. The first kappa shape index (κ1) is 7.45. The second-order valence-corrected chi connectivity index (χ2v) is 2.89. The van der Waals surface area contributed by atoms with Crippen molar-refractivity contribution >= 4 is 0 Å². The quantitative estimate of drug-likeness (QED) is 0.379. The molecule has 5 heteroatoms. The van der Waals surface area contributed by atoms with Crippen LogP contribution in [0.5, 0.6) is 0 Å². The molecule has 64 valence electrons. The SMILES string of the molecule is N[C@@H]1C(O)OC(CO)[C@H]2OC12. The first-order valence-electron chi connectivity index (χ1n) is 3.59. The van der Waals surface area contributed by atoms with Gasteiger partial charge >= 0.3 is 0 Å². The van der Waals surface area contributed by atoms with E-state index in [2.05, 4.69) is 0 Å². The fourth-order valence-electron chi connectivity index (χ4n) is 1.40. The maximum atomic E-state index is 9.14. The molecule has 11 heavy (non-hydrogen) atoms. The van der Waals surface area contributed by atoms with Crippen LogP contribution in [0.15, 0.2) is 0 Å². The van der Waals surface area contributed by atoms with Crippen LogP contribution >= 0.6 is 0 Å². The van der Waals surface area contributed by atoms with Crippen molar-refractivity contribution < 1.29 is 19.7 Å². The Hall–Kier alpha value is -0.200. The Labute approximate surface area is 63.7 Å². The number of aliphatic hydroxyl groups is 2. The first-order chi connectivity index (χ1) is 5.24. The van der Waals surface area contributed by atoms with Gasteiger partial charge in [-0.05, 0) is 0 Å². The lowest BCUT2D eigenvalue weighted by Crippen LogP contribution is -2.50. The zero-order valence-corrected chi connectivity index (χ0v) is 5.88. The topological polar surface area (TPSA) is 88.2 Å². The van der Waals surface area contributed by atoms with Gasteiger partial charge in [-0.15, -0.1) is 0 Å². The molecular weight excluding hydrogens is 150 g/mol. The molecular formula is C6H11NO4. The largest absolute Gasteiger partial charge is 0.394 e. The number of epoxide rings is 1. The molecule has 0 bridgehead atoms. The maximum Gasteiger partial charge on any atom is 0.173 e. The van der Waals surface area contributed by atoms with Crippen molar-refractivity contribution in [2.45, 2.75) is 30.6 Å². The molecule has 2 aliphatic heterocycles. The van der Waals surface area contributed by atoms with Crippen LogP contribution in [0.3, 0.4) is 0 Å². The smallest absolute Gasteiger partial charge is 0.173 e. The number of hydrogen-bond acceptors (Lipinski definition) is 5. The molecule has 2 fully saturated rings. The van der Waals surface area contributed by atoms with E-state index in [4.69, 9.17) is 25.4 Å². The third kappa shape index (κ3) is 1.05. The standard InChI is InChI=1S/C6H11NO4/c7-3-5-4(11-5)2(1-8)10-6(3)9/h2-6,8-9H,1,7H2/t2?,3-,4+,5?,6?/m0/s1. The van der Waals surface area contributed by atoms with Gasteiger partial charge in [0.15, 0.2) is 6.29 Å². The van der Waals surface area contributed by atoms with Crippen LogP contribution in [0.25, 0.3) is 0 Å². The molecule has 2 rings (SSSR count). The zero-order valence-electron chi connectivity index (χ0n) is 5.88. The zero-order chi connectivity index (χ0) is 8.01. The summed E-state index contributed by atoms with van der Waals surface area (Å²) < 4.78 is 10.1. The van der Waals surface area contributed by atoms with Gasteiger partial charge in [-0.1, -0.05) is 0 Å². The monoisotopic (exact) mass is 161 g/mol. The Balaban J connectivity index is 2.02. The van der Waals surface area contributed by atoms with E-state index in [0.717, 1.165) is 0 Å². The fourth-order valence-corrected chi connectivity index (χ4v) is 1.40. The van der Waals surface area contributed by atoms with Crippen molar-refractivity contribution in [3.8, 4) is 0 Å². The molecule has 0 amide bonds. The number of hydrogen-bond donors (Lipinski definition) is 3. The van der Waals surface area contributed by atoms with Crippen molar-refractivity contribution in [2.24, 2.45) is 5.73 Å². The Morgan fingerprint density at radius 2 is 2.00 bits per heavy atom. The van der Waals surface area contributed by atoms with Crippen molar-refractivity contribution in [2.75, 3.05) is 6.61 Å². The predicted molar refractivity (Wildman–Crippen MR) is 34.6 cm³/mol. The van der Waals surface area contributed by atoms with Crippen LogP contribution in [0.4, 0.5) is 0 Å². The Bertz CT molecular complexity index is 161. The minimum atomic E-state index is -1.00. The summed E-state index contributed by atoms with van der Waals surface area (Å²) in [6, 6.07) is -0.470. The molecule has 0 aliphatic carbocycles. The lowest BCUT2D eigenvalue weighted by atomic mass is 10.1. The highest BCUT2D eigenvalue weighted by Crippen LogP contribution is 2.35. The summed E-state index contributed by atoms with van der Waals surface area (Å²) in [5, 5.41) is 17.9. The lowest BCUT2D eigenvalue weighted by molar-refractivity contribution is -0.171. The molecule has 3 unspecified atom stereocenters. The van der Waals surface area contributed by atoms with E-state index in [1.54, 1.807) is 0 Å². The number of rotatable bonds is 1. The lowest BCUT2D eigenvalue weighted by Gasteiger charge is -2.26. The molecule has 0 aromatic carbocycles. The molecule has 0 aromatic rings. The second kappa shape index (κ2) is 2.40. The van der Waals surface area contributed by atoms with Gasteiger partial charge in [0.05, 0.1) is 12.6 Å². The van der Waals surface area contributed by atoms with Crippen molar-refractivity contribution in [3.63, 3.8) is 0 Å². The van der Waals surface area contributed by atoms with Gasteiger partial charge in [0.25, 0.3) is 0 Å². The van der Waals surface area contributed by atoms with Crippen molar-refractivity contribution in [3.05, 3.63) is 0 Å². The molecule has 2 heterocycles. The summed E-state index contributed by atoms with van der Waals surface area (Å²) in [5.74, 6) is 0. The highest BCUT2D eigenvalue weighted by Gasteiger charge is 2.55. The summed E-state index contributed by atoms with van der Waals surface area (Å²) in [7, 11) is 0. The molecule has 0 radical (unpaired) electrons. The summed E-state index contributed by atoms with van der Waals surface area (Å²) in [4.78, 5) is 0. The van der Waals surface area contributed by atoms with Crippen LogP contribution in [0.2, 0.25) is 0 Å². The van der Waals surface area contributed by atoms with Crippen LogP contribution < -0.4 is 5.73 Å². The average molecular weight is 161 g/mol. The summed E-state index contributed by atoms with van der Waals surface area (Å²) >= 11 is 0. The predicted octanol–water partition coefficient (Wildman–Crippen LogP) is -2.21. The summed E-state index contributed by atoms with van der Waals surface area (Å²) in [6.07, 6.45) is -1.65. The van der Waals surface area contributed by atoms with E-state index in [9.17, 15) is 0 Å². The van der Waals surface area contributed by atoms with Gasteiger partial charge in [0.2, 0.25) is 0 Å². The molecule has 5 atom stereocenters. The first-order valence-corrected chi connectivity index (χ1v) is 3.59. The molecule has 2 aliphatic rings. The van der Waals surface area contributed by atoms with E-state index >= 15 is 0 Å². The van der Waals surface area contributed by atoms with Crippen molar-refractivity contribution in [1.29, 1.82) is 0 Å². The van der Waals surface area contributed by atoms with Crippen molar-refractivity contribution in [1.82, 2.24) is 0 Å².